The van der Waals surface area contributed by atoms with Crippen LogP contribution in [0.3, 0.4) is 0 Å². The van der Waals surface area contributed by atoms with Crippen molar-refractivity contribution in [3.8, 4) is 94.7 Å². The first kappa shape index (κ1) is 28.4. The zero-order chi connectivity index (χ0) is 24.7. The molecule has 0 atom stereocenters. The minimum atomic E-state index is 0.363. The zero-order valence-electron chi connectivity index (χ0n) is 21.1. The van der Waals surface area contributed by atoms with E-state index >= 15 is 0 Å². The van der Waals surface area contributed by atoms with Crippen LogP contribution in [0.4, 0.5) is 0 Å². The summed E-state index contributed by atoms with van der Waals surface area (Å²) in [6.07, 6.45) is 5.00. The van der Waals surface area contributed by atoms with Gasteiger partial charge in [-0.1, -0.05) is 47.4 Å². The monoisotopic (exact) mass is 446 g/mol. The van der Waals surface area contributed by atoms with Crippen molar-refractivity contribution >= 4 is 0 Å². The third kappa shape index (κ3) is 16.1. The van der Waals surface area contributed by atoms with Gasteiger partial charge in [0.05, 0.1) is 26.2 Å². The van der Waals surface area contributed by atoms with Crippen molar-refractivity contribution in [1.29, 1.82) is 0 Å². The normalized spacial score (nSPS) is 15.9. The molecule has 0 saturated heterocycles. The molecule has 1 aliphatic heterocycles. The van der Waals surface area contributed by atoms with Gasteiger partial charge in [0.2, 0.25) is 0 Å². The smallest absolute Gasteiger partial charge is 0.0622 e. The summed E-state index contributed by atoms with van der Waals surface area (Å²) in [5, 5.41) is 0. The lowest BCUT2D eigenvalue weighted by atomic mass is 10.2. The molecule has 2 heteroatoms. The number of rotatable bonds is 2. The second-order valence-corrected chi connectivity index (χ2v) is 8.12. The Balaban J connectivity index is 2.78. The number of hydrogen-bond donors (Lipinski definition) is 0. The van der Waals surface area contributed by atoms with Crippen LogP contribution in [0, 0.1) is 94.7 Å². The second-order valence-electron chi connectivity index (χ2n) is 8.12. The summed E-state index contributed by atoms with van der Waals surface area (Å²) in [4.78, 5) is 4.40. The van der Waals surface area contributed by atoms with E-state index in [4.69, 9.17) is 0 Å². The fraction of sp³-hybridized carbons (Fsp3) is 0.500. The van der Waals surface area contributed by atoms with Gasteiger partial charge in [-0.2, -0.15) is 0 Å². The molecule has 0 amide bonds. The van der Waals surface area contributed by atoms with Gasteiger partial charge in [-0.3, -0.25) is 9.80 Å². The standard InChI is InChI=1S/C32H34N2/c1-31(2)33-27-23-19-15-11-7-5-9-13-17-21-25-29-34(32(3)4)30-26-22-18-14-10-6-8-12-16-20-24-28-33/h31-32H,5-10,27-30H2,1-4H3. The van der Waals surface area contributed by atoms with Crippen molar-refractivity contribution in [3.05, 3.63) is 0 Å². The molecule has 0 radical (unpaired) electrons. The molecule has 0 aromatic carbocycles. The van der Waals surface area contributed by atoms with E-state index in [2.05, 4.69) is 132 Å². The third-order valence-electron chi connectivity index (χ3n) is 4.75. The molecule has 1 rings (SSSR count). The van der Waals surface area contributed by atoms with Gasteiger partial charge in [0.15, 0.2) is 0 Å². The van der Waals surface area contributed by atoms with Gasteiger partial charge in [-0.05, 0) is 87.9 Å². The minimum absolute atomic E-state index is 0.363. The summed E-state index contributed by atoms with van der Waals surface area (Å²) in [5.41, 5.74) is 0. The third-order valence-corrected chi connectivity index (χ3v) is 4.75. The molecule has 0 bridgehead atoms. The molecule has 1 heterocycles. The maximum atomic E-state index is 3.13. The van der Waals surface area contributed by atoms with Crippen molar-refractivity contribution in [1.82, 2.24) is 9.80 Å². The molecular formula is C32H34N2. The fourth-order valence-electron chi connectivity index (χ4n) is 2.54. The largest absolute Gasteiger partial charge is 0.279 e. The molecule has 0 saturated carbocycles. The molecule has 0 unspecified atom stereocenters. The predicted molar refractivity (Wildman–Crippen MR) is 143 cm³/mol. The van der Waals surface area contributed by atoms with Crippen LogP contribution >= 0.6 is 0 Å². The topological polar surface area (TPSA) is 6.48 Å². The maximum Gasteiger partial charge on any atom is 0.0622 e. The summed E-state index contributed by atoms with van der Waals surface area (Å²) in [6.45, 7) is 11.1. The Morgan fingerprint density at radius 2 is 0.618 bits per heavy atom. The number of hydrogen-bond acceptors (Lipinski definition) is 2. The molecule has 0 N–H and O–H groups in total. The van der Waals surface area contributed by atoms with Crippen molar-refractivity contribution < 1.29 is 0 Å². The molecule has 34 heavy (non-hydrogen) atoms. The molecule has 1 aliphatic rings. The SMILES string of the molecule is CC(C)N1CC#CC#CCCCC#CC#CCN(C(C)C)CC#CC#CCCCC#CC#CC1. The lowest BCUT2D eigenvalue weighted by Gasteiger charge is -2.20. The Morgan fingerprint density at radius 1 is 0.382 bits per heavy atom. The molecule has 172 valence electrons. The fourth-order valence-corrected chi connectivity index (χ4v) is 2.54. The molecule has 0 fully saturated rings. The van der Waals surface area contributed by atoms with Crippen LogP contribution in [-0.2, 0) is 0 Å². The van der Waals surface area contributed by atoms with Crippen LogP contribution in [0.5, 0.6) is 0 Å². The van der Waals surface area contributed by atoms with Crippen LogP contribution in [0.2, 0.25) is 0 Å². The van der Waals surface area contributed by atoms with E-state index in [1.165, 1.54) is 0 Å². The Hall–Kier alpha value is -3.60. The molecule has 2 nitrogen and oxygen atoms in total. The Morgan fingerprint density at radius 3 is 0.853 bits per heavy atom. The van der Waals surface area contributed by atoms with Crippen molar-refractivity contribution in [3.63, 3.8) is 0 Å². The molecule has 0 aromatic rings. The average molecular weight is 447 g/mol. The van der Waals surface area contributed by atoms with E-state index in [1.54, 1.807) is 0 Å². The summed E-state index contributed by atoms with van der Waals surface area (Å²) < 4.78 is 0. The van der Waals surface area contributed by atoms with Crippen LogP contribution in [0.25, 0.3) is 0 Å². The highest BCUT2D eigenvalue weighted by Gasteiger charge is 2.05. The maximum absolute atomic E-state index is 3.13. The van der Waals surface area contributed by atoms with Gasteiger partial charge < -0.3 is 0 Å². The predicted octanol–water partition coefficient (Wildman–Crippen LogP) is 3.79. The first-order valence-corrected chi connectivity index (χ1v) is 11.9. The van der Waals surface area contributed by atoms with E-state index < -0.39 is 0 Å². The van der Waals surface area contributed by atoms with Gasteiger partial charge in [0.1, 0.15) is 0 Å². The van der Waals surface area contributed by atoms with Crippen LogP contribution in [0.1, 0.15) is 66.2 Å². The minimum Gasteiger partial charge on any atom is -0.279 e. The van der Waals surface area contributed by atoms with Crippen molar-refractivity contribution in [2.24, 2.45) is 0 Å². The first-order chi connectivity index (χ1) is 16.6. The van der Waals surface area contributed by atoms with Gasteiger partial charge in [0, 0.05) is 37.8 Å². The van der Waals surface area contributed by atoms with Crippen molar-refractivity contribution in [2.45, 2.75) is 78.3 Å². The van der Waals surface area contributed by atoms with E-state index in [-0.39, 0.29) is 0 Å². The van der Waals surface area contributed by atoms with Crippen LogP contribution in [0.15, 0.2) is 0 Å². The van der Waals surface area contributed by atoms with Gasteiger partial charge >= 0.3 is 0 Å². The Labute approximate surface area is 209 Å². The summed E-state index contributed by atoms with van der Waals surface area (Å²) in [5.74, 6) is 48.4. The Kier molecular flexibility index (Phi) is 16.8. The molecular weight excluding hydrogens is 412 g/mol. The first-order valence-electron chi connectivity index (χ1n) is 11.9. The summed E-state index contributed by atoms with van der Waals surface area (Å²) in [7, 11) is 0. The Bertz CT molecular complexity index is 947. The van der Waals surface area contributed by atoms with E-state index in [1.807, 2.05) is 0 Å². The highest BCUT2D eigenvalue weighted by atomic mass is 15.1. The lowest BCUT2D eigenvalue weighted by Crippen LogP contribution is -2.31. The zero-order valence-corrected chi connectivity index (χ0v) is 21.1. The van der Waals surface area contributed by atoms with Crippen LogP contribution in [-0.4, -0.2) is 48.1 Å². The second kappa shape index (κ2) is 20.0. The van der Waals surface area contributed by atoms with Gasteiger partial charge in [0.25, 0.3) is 0 Å². The lowest BCUT2D eigenvalue weighted by molar-refractivity contribution is 0.281. The van der Waals surface area contributed by atoms with E-state index in [9.17, 15) is 0 Å². The van der Waals surface area contributed by atoms with Gasteiger partial charge in [-0.25, -0.2) is 0 Å². The van der Waals surface area contributed by atoms with E-state index in [0.29, 0.717) is 38.3 Å². The van der Waals surface area contributed by atoms with Crippen molar-refractivity contribution in [2.75, 3.05) is 26.2 Å². The number of nitrogens with zero attached hydrogens (tertiary/aromatic N) is 2. The molecule has 0 aliphatic carbocycles. The molecule has 0 aromatic heterocycles. The summed E-state index contributed by atoms with van der Waals surface area (Å²) in [6, 6.07) is 0.725. The van der Waals surface area contributed by atoms with Gasteiger partial charge in [-0.15, -0.1) is 0 Å². The highest BCUT2D eigenvalue weighted by Crippen LogP contribution is 1.97. The van der Waals surface area contributed by atoms with Crippen LogP contribution < -0.4 is 0 Å². The quantitative estimate of drug-likeness (QED) is 0.596. The summed E-state index contributed by atoms with van der Waals surface area (Å²) >= 11 is 0. The molecule has 0 spiro atoms. The average Bonchev–Trinajstić information content (AvgIpc) is 2.81. The van der Waals surface area contributed by atoms with E-state index in [0.717, 1.165) is 38.5 Å². The highest BCUT2D eigenvalue weighted by molar-refractivity contribution is 5.29.